The molecule has 0 amide bonds. The Kier molecular flexibility index (Phi) is 1.32. The molecule has 0 nitrogen and oxygen atoms in total. The van der Waals surface area contributed by atoms with E-state index in [0.717, 1.165) is 33.5 Å². The standard InChI is InChI=1S/C19H28/c1-10-6-5-7-12-14-15(18(12,14)8-10)13-11(2)19(13)16(3)9-17(16,19)4/h10-15H,5-9H2,1-4H3. The average molecular weight is 256 g/mol. The summed E-state index contributed by atoms with van der Waals surface area (Å²) in [4.78, 5) is 0. The summed E-state index contributed by atoms with van der Waals surface area (Å²) in [6.07, 6.45) is 7.83. The van der Waals surface area contributed by atoms with E-state index in [-0.39, 0.29) is 0 Å². The molecule has 0 heterocycles. The molecule has 6 rings (SSSR count). The Morgan fingerprint density at radius 2 is 1.63 bits per heavy atom. The van der Waals surface area contributed by atoms with Gasteiger partial charge in [-0.1, -0.05) is 40.5 Å². The lowest BCUT2D eigenvalue weighted by molar-refractivity contribution is 0.271. The van der Waals surface area contributed by atoms with Crippen LogP contribution in [0.5, 0.6) is 0 Å². The lowest BCUT2D eigenvalue weighted by Crippen LogP contribution is -2.15. The molecule has 0 bridgehead atoms. The van der Waals surface area contributed by atoms with Crippen molar-refractivity contribution < 1.29 is 0 Å². The van der Waals surface area contributed by atoms with Gasteiger partial charge in [-0.25, -0.2) is 0 Å². The van der Waals surface area contributed by atoms with Gasteiger partial charge in [0.25, 0.3) is 0 Å². The molecule has 0 heteroatoms. The molecule has 2 spiro atoms. The van der Waals surface area contributed by atoms with E-state index in [1.54, 1.807) is 19.3 Å². The fourth-order valence-electron chi connectivity index (χ4n) is 9.22. The quantitative estimate of drug-likeness (QED) is 0.635. The van der Waals surface area contributed by atoms with Gasteiger partial charge < -0.3 is 0 Å². The largest absolute Gasteiger partial charge is 0.0625 e. The molecule has 104 valence electrons. The highest BCUT2D eigenvalue weighted by atomic mass is 15.1. The molecule has 0 aromatic rings. The summed E-state index contributed by atoms with van der Waals surface area (Å²) in [7, 11) is 0. The van der Waals surface area contributed by atoms with Crippen molar-refractivity contribution in [2.24, 2.45) is 57.2 Å². The monoisotopic (exact) mass is 256 g/mol. The van der Waals surface area contributed by atoms with Gasteiger partial charge in [0, 0.05) is 0 Å². The third-order valence-electron chi connectivity index (χ3n) is 10.1. The Morgan fingerprint density at radius 3 is 2.21 bits per heavy atom. The smallest absolute Gasteiger partial charge is 0.0116 e. The highest BCUT2D eigenvalue weighted by Gasteiger charge is 3.07. The van der Waals surface area contributed by atoms with E-state index in [1.807, 2.05) is 0 Å². The first-order valence-electron chi connectivity index (χ1n) is 8.97. The van der Waals surface area contributed by atoms with Crippen LogP contribution in [0.25, 0.3) is 0 Å². The van der Waals surface area contributed by atoms with Crippen molar-refractivity contribution in [2.45, 2.75) is 59.8 Å². The minimum Gasteiger partial charge on any atom is -0.0625 e. The van der Waals surface area contributed by atoms with Gasteiger partial charge in [-0.2, -0.15) is 0 Å². The molecule has 6 aliphatic carbocycles. The maximum Gasteiger partial charge on any atom is -0.0116 e. The van der Waals surface area contributed by atoms with Crippen LogP contribution in [-0.4, -0.2) is 0 Å². The second kappa shape index (κ2) is 2.35. The van der Waals surface area contributed by atoms with Crippen molar-refractivity contribution >= 4 is 0 Å². The maximum atomic E-state index is 2.61. The molecular weight excluding hydrogens is 228 g/mol. The third-order valence-corrected chi connectivity index (χ3v) is 10.1. The molecule has 19 heavy (non-hydrogen) atoms. The van der Waals surface area contributed by atoms with Crippen LogP contribution >= 0.6 is 0 Å². The van der Waals surface area contributed by atoms with Crippen molar-refractivity contribution in [3.05, 3.63) is 0 Å². The van der Waals surface area contributed by atoms with E-state index < -0.39 is 0 Å². The molecule has 6 aliphatic rings. The Bertz CT molecular complexity index is 506. The van der Waals surface area contributed by atoms with E-state index in [9.17, 15) is 0 Å². The third kappa shape index (κ3) is 0.720. The first kappa shape index (κ1) is 10.7. The summed E-state index contributed by atoms with van der Waals surface area (Å²) >= 11 is 0. The van der Waals surface area contributed by atoms with Crippen LogP contribution in [0.3, 0.4) is 0 Å². The van der Waals surface area contributed by atoms with Crippen LogP contribution in [0.4, 0.5) is 0 Å². The van der Waals surface area contributed by atoms with E-state index in [2.05, 4.69) is 27.7 Å². The molecule has 6 saturated carbocycles. The topological polar surface area (TPSA) is 0 Å². The van der Waals surface area contributed by atoms with Crippen LogP contribution in [0, 0.1) is 57.2 Å². The normalized spacial score (nSPS) is 81.5. The molecule has 9 atom stereocenters. The van der Waals surface area contributed by atoms with Crippen molar-refractivity contribution in [3.8, 4) is 0 Å². The molecule has 0 saturated heterocycles. The Labute approximate surface area is 117 Å². The summed E-state index contributed by atoms with van der Waals surface area (Å²) in [5, 5.41) is 0. The summed E-state index contributed by atoms with van der Waals surface area (Å²) in [6.45, 7) is 10.4. The van der Waals surface area contributed by atoms with Crippen molar-refractivity contribution in [2.75, 3.05) is 0 Å². The number of hydrogen-bond donors (Lipinski definition) is 0. The van der Waals surface area contributed by atoms with Gasteiger partial charge in [-0.05, 0) is 76.4 Å². The number of fused-ring (bicyclic) bond motifs is 4. The van der Waals surface area contributed by atoms with E-state index in [0.29, 0.717) is 0 Å². The summed E-state index contributed by atoms with van der Waals surface area (Å²) < 4.78 is 0. The fourth-order valence-corrected chi connectivity index (χ4v) is 9.22. The van der Waals surface area contributed by atoms with Crippen molar-refractivity contribution in [1.29, 1.82) is 0 Å². The molecule has 9 unspecified atom stereocenters. The molecule has 0 N–H and O–H groups in total. The van der Waals surface area contributed by atoms with Crippen molar-refractivity contribution in [1.82, 2.24) is 0 Å². The van der Waals surface area contributed by atoms with Crippen molar-refractivity contribution in [3.63, 3.8) is 0 Å². The van der Waals surface area contributed by atoms with Crippen LogP contribution in [0.2, 0.25) is 0 Å². The van der Waals surface area contributed by atoms with Gasteiger partial charge >= 0.3 is 0 Å². The summed E-state index contributed by atoms with van der Waals surface area (Å²) in [5.74, 6) is 6.90. The van der Waals surface area contributed by atoms with Crippen LogP contribution in [-0.2, 0) is 0 Å². The van der Waals surface area contributed by atoms with Gasteiger partial charge in [0.15, 0.2) is 0 Å². The minimum atomic E-state index is 0.807. The zero-order valence-electron chi connectivity index (χ0n) is 13.0. The number of hydrogen-bond acceptors (Lipinski definition) is 0. The predicted molar refractivity (Wildman–Crippen MR) is 76.5 cm³/mol. The van der Waals surface area contributed by atoms with Gasteiger partial charge in [-0.3, -0.25) is 0 Å². The van der Waals surface area contributed by atoms with E-state index in [1.165, 1.54) is 36.5 Å². The second-order valence-electron chi connectivity index (χ2n) is 10.0. The first-order chi connectivity index (χ1) is 8.97. The van der Waals surface area contributed by atoms with Gasteiger partial charge in [-0.15, -0.1) is 0 Å². The summed E-state index contributed by atoms with van der Waals surface area (Å²) in [6, 6.07) is 0. The van der Waals surface area contributed by atoms with Crippen LogP contribution in [0.15, 0.2) is 0 Å². The Morgan fingerprint density at radius 1 is 0.895 bits per heavy atom. The highest BCUT2D eigenvalue weighted by molar-refractivity contribution is 5.54. The number of rotatable bonds is 1. The van der Waals surface area contributed by atoms with Crippen LogP contribution in [0.1, 0.15) is 59.8 Å². The molecule has 0 aliphatic heterocycles. The van der Waals surface area contributed by atoms with E-state index in [4.69, 9.17) is 0 Å². The van der Waals surface area contributed by atoms with Crippen LogP contribution < -0.4 is 0 Å². The minimum absolute atomic E-state index is 0.807. The molecule has 0 aromatic carbocycles. The lowest BCUT2D eigenvalue weighted by atomic mass is 9.84. The highest BCUT2D eigenvalue weighted by Crippen LogP contribution is 3.11. The summed E-state index contributed by atoms with van der Waals surface area (Å²) in [5.41, 5.74) is 3.40. The molecule has 6 fully saturated rings. The van der Waals surface area contributed by atoms with E-state index >= 15 is 0 Å². The molecule has 0 aromatic heterocycles. The maximum absolute atomic E-state index is 2.61. The van der Waals surface area contributed by atoms with Gasteiger partial charge in [0.1, 0.15) is 0 Å². The fraction of sp³-hybridized carbons (Fsp3) is 1.00. The Hall–Kier alpha value is 0. The zero-order valence-corrected chi connectivity index (χ0v) is 13.0. The molecular formula is C19H28. The first-order valence-corrected chi connectivity index (χ1v) is 8.97. The lowest BCUT2D eigenvalue weighted by Gasteiger charge is -2.20. The molecule has 0 radical (unpaired) electrons. The average Bonchev–Trinajstić information content (AvgIpc) is 3.20. The second-order valence-corrected chi connectivity index (χ2v) is 10.0. The Balaban J connectivity index is 1.30. The predicted octanol–water partition coefficient (Wildman–Crippen LogP) is 4.74. The SMILES string of the molecule is CC1CCCC2C3C(C4C(C)C45C4(C)CC45C)C23C1. The van der Waals surface area contributed by atoms with Gasteiger partial charge in [0.05, 0.1) is 0 Å². The zero-order chi connectivity index (χ0) is 13.0. The van der Waals surface area contributed by atoms with Gasteiger partial charge in [0.2, 0.25) is 0 Å².